The molecule has 0 fully saturated rings. The van der Waals surface area contributed by atoms with Crippen molar-refractivity contribution in [2.45, 2.75) is 20.3 Å². The van der Waals surface area contributed by atoms with Gasteiger partial charge in [-0.25, -0.2) is 0 Å². The third kappa shape index (κ3) is 3.00. The fourth-order valence-electron chi connectivity index (χ4n) is 1.45. The third-order valence-corrected chi connectivity index (χ3v) is 2.23. The molecule has 0 spiro atoms. The highest BCUT2D eigenvalue weighted by Crippen LogP contribution is 2.35. The molecule has 1 heterocycles. The number of esters is 1. The van der Waals surface area contributed by atoms with Crippen molar-refractivity contribution >= 4 is 11.8 Å². The van der Waals surface area contributed by atoms with Gasteiger partial charge < -0.3 is 14.2 Å². The molecule has 5 nitrogen and oxygen atoms in total. The Kier molecular flexibility index (Phi) is 5.17. The molecule has 0 atom stereocenters. The average Bonchev–Trinajstić information content (AvgIpc) is 2.88. The van der Waals surface area contributed by atoms with Crippen LogP contribution in [0.5, 0.6) is 11.5 Å². The van der Waals surface area contributed by atoms with Crippen LogP contribution in [-0.4, -0.2) is 25.7 Å². The summed E-state index contributed by atoms with van der Waals surface area (Å²) in [4.78, 5) is 22.7. The van der Waals surface area contributed by atoms with Gasteiger partial charge in [-0.2, -0.15) is 0 Å². The van der Waals surface area contributed by atoms with Crippen LogP contribution < -0.4 is 9.47 Å². The minimum absolute atomic E-state index is 0.0951. The van der Waals surface area contributed by atoms with Crippen molar-refractivity contribution in [2.75, 3.05) is 13.9 Å². The number of carbonyl (C=O) groups is 2. The molecule has 0 saturated heterocycles. The van der Waals surface area contributed by atoms with Crippen molar-refractivity contribution in [1.29, 1.82) is 0 Å². The Hall–Kier alpha value is -2.04. The van der Waals surface area contributed by atoms with Crippen LogP contribution in [0.4, 0.5) is 0 Å². The molecule has 0 bridgehead atoms. The Bertz CT molecular complexity index is 439. The second-order valence-electron chi connectivity index (χ2n) is 3.22. The number of ketones is 1. The number of ether oxygens (including phenoxy) is 3. The van der Waals surface area contributed by atoms with E-state index in [4.69, 9.17) is 9.47 Å². The van der Waals surface area contributed by atoms with Crippen LogP contribution in [0, 0.1) is 0 Å². The number of hydrogen-bond acceptors (Lipinski definition) is 5. The van der Waals surface area contributed by atoms with Crippen LogP contribution in [0.3, 0.4) is 0 Å². The summed E-state index contributed by atoms with van der Waals surface area (Å²) in [7, 11) is 1.24. The van der Waals surface area contributed by atoms with Crippen molar-refractivity contribution in [3.8, 4) is 11.5 Å². The van der Waals surface area contributed by atoms with E-state index in [2.05, 4.69) is 4.74 Å². The lowest BCUT2D eigenvalue weighted by Gasteiger charge is -2.03. The largest absolute Gasteiger partial charge is 0.469 e. The minimum atomic E-state index is -0.568. The van der Waals surface area contributed by atoms with E-state index in [0.717, 1.165) is 0 Å². The molecule has 0 saturated carbocycles. The van der Waals surface area contributed by atoms with Gasteiger partial charge in [0, 0.05) is 0 Å². The standard InChI is InChI=1S/C11H10O5.C2H6/c1-14-10(13)5-8(12)7-3-2-4-9-11(7)16-6-15-9;1-2/h2-4H,5-6H2,1H3;1-2H3. The summed E-state index contributed by atoms with van der Waals surface area (Å²) in [5, 5.41) is 0. The topological polar surface area (TPSA) is 61.8 Å². The molecular weight excluding hydrogens is 236 g/mol. The molecule has 18 heavy (non-hydrogen) atoms. The SMILES string of the molecule is CC.COC(=O)CC(=O)c1cccc2c1OCO2. The molecular formula is C13H16O5. The van der Waals surface area contributed by atoms with E-state index in [1.54, 1.807) is 18.2 Å². The molecule has 0 N–H and O–H groups in total. The van der Waals surface area contributed by atoms with Gasteiger partial charge in [0.1, 0.15) is 6.42 Å². The predicted octanol–water partition coefficient (Wildman–Crippen LogP) is 2.19. The van der Waals surface area contributed by atoms with Gasteiger partial charge >= 0.3 is 5.97 Å². The van der Waals surface area contributed by atoms with Crippen LogP contribution in [0.2, 0.25) is 0 Å². The fourth-order valence-corrected chi connectivity index (χ4v) is 1.45. The van der Waals surface area contributed by atoms with Gasteiger partial charge in [-0.05, 0) is 12.1 Å². The van der Waals surface area contributed by atoms with E-state index in [1.807, 2.05) is 13.8 Å². The number of fused-ring (bicyclic) bond motifs is 1. The van der Waals surface area contributed by atoms with E-state index >= 15 is 0 Å². The highest BCUT2D eigenvalue weighted by atomic mass is 16.7. The summed E-state index contributed by atoms with van der Waals surface area (Å²) in [5.74, 6) is 0.0165. The molecule has 1 aromatic rings. The quantitative estimate of drug-likeness (QED) is 0.469. The summed E-state index contributed by atoms with van der Waals surface area (Å²) in [6.45, 7) is 4.10. The summed E-state index contributed by atoms with van der Waals surface area (Å²) in [6, 6.07) is 4.98. The zero-order chi connectivity index (χ0) is 13.5. The monoisotopic (exact) mass is 252 g/mol. The average molecular weight is 252 g/mol. The van der Waals surface area contributed by atoms with E-state index in [9.17, 15) is 9.59 Å². The first-order chi connectivity index (χ1) is 8.72. The first-order valence-corrected chi connectivity index (χ1v) is 5.71. The summed E-state index contributed by atoms with van der Waals surface area (Å²) < 4.78 is 14.7. The second kappa shape index (κ2) is 6.64. The van der Waals surface area contributed by atoms with Crippen LogP contribution >= 0.6 is 0 Å². The van der Waals surface area contributed by atoms with Gasteiger partial charge in [0.2, 0.25) is 6.79 Å². The molecule has 0 aliphatic carbocycles. The molecule has 2 rings (SSSR count). The number of benzene rings is 1. The van der Waals surface area contributed by atoms with Crippen molar-refractivity contribution in [3.63, 3.8) is 0 Å². The maximum absolute atomic E-state index is 11.7. The number of hydrogen-bond donors (Lipinski definition) is 0. The van der Waals surface area contributed by atoms with Gasteiger partial charge in [0.15, 0.2) is 17.3 Å². The van der Waals surface area contributed by atoms with Crippen molar-refractivity contribution in [3.05, 3.63) is 23.8 Å². The zero-order valence-corrected chi connectivity index (χ0v) is 10.7. The number of Topliss-reactive ketones (excluding diaryl/α,β-unsaturated/α-hetero) is 1. The molecule has 5 heteroatoms. The van der Waals surface area contributed by atoms with Crippen LogP contribution in [-0.2, 0) is 9.53 Å². The lowest BCUT2D eigenvalue weighted by molar-refractivity contribution is -0.139. The third-order valence-electron chi connectivity index (χ3n) is 2.23. The highest BCUT2D eigenvalue weighted by molar-refractivity contribution is 6.08. The molecule has 1 aromatic carbocycles. The Morgan fingerprint density at radius 1 is 1.28 bits per heavy atom. The van der Waals surface area contributed by atoms with Gasteiger partial charge in [-0.1, -0.05) is 19.9 Å². The Morgan fingerprint density at radius 2 is 2.00 bits per heavy atom. The van der Waals surface area contributed by atoms with Gasteiger partial charge in [-0.3, -0.25) is 9.59 Å². The Morgan fingerprint density at radius 3 is 2.67 bits per heavy atom. The van der Waals surface area contributed by atoms with Crippen LogP contribution in [0.1, 0.15) is 30.6 Å². The van der Waals surface area contributed by atoms with E-state index in [0.29, 0.717) is 17.1 Å². The molecule has 1 aliphatic rings. The Labute approximate surface area is 106 Å². The lowest BCUT2D eigenvalue weighted by Crippen LogP contribution is -2.10. The highest BCUT2D eigenvalue weighted by Gasteiger charge is 2.23. The molecule has 98 valence electrons. The first kappa shape index (κ1) is 14.0. The maximum Gasteiger partial charge on any atom is 0.313 e. The van der Waals surface area contributed by atoms with Gasteiger partial charge in [-0.15, -0.1) is 0 Å². The van der Waals surface area contributed by atoms with Gasteiger partial charge in [0.05, 0.1) is 12.7 Å². The maximum atomic E-state index is 11.7. The van der Waals surface area contributed by atoms with Crippen LogP contribution in [0.15, 0.2) is 18.2 Å². The summed E-state index contributed by atoms with van der Waals surface area (Å²) >= 11 is 0. The Balaban J connectivity index is 0.000000771. The van der Waals surface area contributed by atoms with Crippen LogP contribution in [0.25, 0.3) is 0 Å². The molecule has 1 aliphatic heterocycles. The van der Waals surface area contributed by atoms with Crippen molar-refractivity contribution in [1.82, 2.24) is 0 Å². The van der Waals surface area contributed by atoms with E-state index in [1.165, 1.54) is 7.11 Å². The fraction of sp³-hybridized carbons (Fsp3) is 0.385. The number of methoxy groups -OCH3 is 1. The number of para-hydroxylation sites is 1. The zero-order valence-electron chi connectivity index (χ0n) is 10.7. The summed E-state index contributed by atoms with van der Waals surface area (Å²) in [5.41, 5.74) is 0.348. The van der Waals surface area contributed by atoms with Crippen molar-refractivity contribution < 1.29 is 23.8 Å². The van der Waals surface area contributed by atoms with Crippen molar-refractivity contribution in [2.24, 2.45) is 0 Å². The number of rotatable bonds is 3. The lowest BCUT2D eigenvalue weighted by atomic mass is 10.1. The minimum Gasteiger partial charge on any atom is -0.469 e. The summed E-state index contributed by atoms with van der Waals surface area (Å²) in [6.07, 6.45) is -0.295. The van der Waals surface area contributed by atoms with Gasteiger partial charge in [0.25, 0.3) is 0 Å². The van der Waals surface area contributed by atoms with E-state index < -0.39 is 5.97 Å². The molecule has 0 radical (unpaired) electrons. The molecule has 0 unspecified atom stereocenters. The smallest absolute Gasteiger partial charge is 0.313 e. The second-order valence-corrected chi connectivity index (χ2v) is 3.22. The molecule has 0 aromatic heterocycles. The normalized spacial score (nSPS) is 11.3. The number of carbonyl (C=O) groups excluding carboxylic acids is 2. The van der Waals surface area contributed by atoms with E-state index in [-0.39, 0.29) is 19.0 Å². The first-order valence-electron chi connectivity index (χ1n) is 5.71. The predicted molar refractivity (Wildman–Crippen MR) is 64.9 cm³/mol. The molecule has 0 amide bonds.